The predicted octanol–water partition coefficient (Wildman–Crippen LogP) is 4.58. The number of aliphatic hydroxyl groups excluding tert-OH is 1. The fourth-order valence-electron chi connectivity index (χ4n) is 5.59. The summed E-state index contributed by atoms with van der Waals surface area (Å²) in [7, 11) is 1.67. The molecule has 2 aliphatic rings. The second-order valence-electron chi connectivity index (χ2n) is 9.27. The summed E-state index contributed by atoms with van der Waals surface area (Å²) in [5, 5.41) is 15.9. The van der Waals surface area contributed by atoms with Crippen molar-refractivity contribution in [3.63, 3.8) is 0 Å². The molecule has 2 aromatic carbocycles. The van der Waals surface area contributed by atoms with Crippen LogP contribution in [0.5, 0.6) is 5.75 Å². The average Bonchev–Trinajstić information content (AvgIpc) is 3.08. The summed E-state index contributed by atoms with van der Waals surface area (Å²) in [6.07, 6.45) is 10.4. The van der Waals surface area contributed by atoms with Gasteiger partial charge >= 0.3 is 0 Å². The Morgan fingerprint density at radius 3 is 2.67 bits per heavy atom. The van der Waals surface area contributed by atoms with E-state index < -0.39 is 6.10 Å². The molecule has 172 valence electrons. The molecule has 2 N–H and O–H groups in total. The Kier molecular flexibility index (Phi) is 6.72. The maximum atomic E-state index is 11.2. The maximum absolute atomic E-state index is 11.2. The van der Waals surface area contributed by atoms with Gasteiger partial charge in [0, 0.05) is 42.8 Å². The normalized spacial score (nSPS) is 23.9. The fourth-order valence-corrected chi connectivity index (χ4v) is 5.59. The summed E-state index contributed by atoms with van der Waals surface area (Å²) in [5.41, 5.74) is 3.07. The molecule has 2 bridgehead atoms. The third kappa shape index (κ3) is 4.96. The van der Waals surface area contributed by atoms with Crippen molar-refractivity contribution < 1.29 is 9.84 Å². The van der Waals surface area contributed by atoms with E-state index in [1.165, 1.54) is 18.4 Å². The van der Waals surface area contributed by atoms with Crippen LogP contribution in [0.15, 0.2) is 66.9 Å². The Balaban J connectivity index is 1.20. The van der Waals surface area contributed by atoms with Crippen molar-refractivity contribution in [2.45, 2.75) is 49.9 Å². The number of nitrogens with zero attached hydrogens (tertiary/aromatic N) is 2. The van der Waals surface area contributed by atoms with E-state index in [0.717, 1.165) is 41.6 Å². The van der Waals surface area contributed by atoms with Crippen LogP contribution in [0.4, 0.5) is 0 Å². The first-order valence-electron chi connectivity index (χ1n) is 12.0. The molecule has 2 fully saturated rings. The molecule has 0 spiro atoms. The van der Waals surface area contributed by atoms with Crippen LogP contribution in [-0.4, -0.2) is 53.3 Å². The molecule has 5 nitrogen and oxygen atoms in total. The molecule has 2 aliphatic heterocycles. The summed E-state index contributed by atoms with van der Waals surface area (Å²) in [6.45, 7) is 1.57. The number of methoxy groups -OCH3 is 1. The van der Waals surface area contributed by atoms with Gasteiger partial charge in [0.25, 0.3) is 0 Å². The Morgan fingerprint density at radius 2 is 1.91 bits per heavy atom. The van der Waals surface area contributed by atoms with E-state index in [0.29, 0.717) is 24.7 Å². The Morgan fingerprint density at radius 1 is 1.12 bits per heavy atom. The molecule has 3 heterocycles. The second kappa shape index (κ2) is 10.0. The maximum Gasteiger partial charge on any atom is 0.119 e. The summed E-state index contributed by atoms with van der Waals surface area (Å²) < 4.78 is 5.40. The van der Waals surface area contributed by atoms with Crippen LogP contribution in [0.25, 0.3) is 17.0 Å². The van der Waals surface area contributed by atoms with Crippen LogP contribution in [0.2, 0.25) is 0 Å². The van der Waals surface area contributed by atoms with Gasteiger partial charge in [-0.2, -0.15) is 0 Å². The molecule has 0 radical (unpaired) electrons. The van der Waals surface area contributed by atoms with Gasteiger partial charge in [-0.05, 0) is 61.1 Å². The highest BCUT2D eigenvalue weighted by Crippen LogP contribution is 2.37. The number of nitrogens with one attached hydrogen (secondary N) is 1. The van der Waals surface area contributed by atoms with E-state index >= 15 is 0 Å². The SMILES string of the molecule is COc1ccc2nccc(C(O)CN3C4CCC3CC(NCC=Cc3ccccc3)C4)c2c1. The topological polar surface area (TPSA) is 57.6 Å². The number of aromatic nitrogens is 1. The quantitative estimate of drug-likeness (QED) is 0.534. The van der Waals surface area contributed by atoms with Gasteiger partial charge in [0.05, 0.1) is 18.7 Å². The van der Waals surface area contributed by atoms with Crippen LogP contribution in [0.1, 0.15) is 42.9 Å². The lowest BCUT2D eigenvalue weighted by Crippen LogP contribution is -2.50. The van der Waals surface area contributed by atoms with E-state index in [2.05, 4.69) is 51.6 Å². The van der Waals surface area contributed by atoms with Crippen LogP contribution < -0.4 is 10.1 Å². The number of aliphatic hydroxyl groups is 1. The van der Waals surface area contributed by atoms with E-state index in [-0.39, 0.29) is 0 Å². The van der Waals surface area contributed by atoms with Crippen molar-refractivity contribution in [2.75, 3.05) is 20.2 Å². The zero-order valence-electron chi connectivity index (χ0n) is 19.2. The summed E-state index contributed by atoms with van der Waals surface area (Å²) in [6, 6.07) is 19.9. The molecule has 5 heteroatoms. The Hall–Kier alpha value is -2.73. The first-order valence-corrected chi connectivity index (χ1v) is 12.0. The zero-order valence-corrected chi connectivity index (χ0v) is 19.2. The highest BCUT2D eigenvalue weighted by atomic mass is 16.5. The van der Waals surface area contributed by atoms with Gasteiger partial charge < -0.3 is 15.2 Å². The van der Waals surface area contributed by atoms with Crippen LogP contribution in [0.3, 0.4) is 0 Å². The molecule has 5 rings (SSSR count). The number of rotatable bonds is 8. The molecule has 3 atom stereocenters. The number of benzene rings is 2. The molecule has 0 aliphatic carbocycles. The highest BCUT2D eigenvalue weighted by molar-refractivity contribution is 5.83. The molecule has 0 saturated carbocycles. The smallest absolute Gasteiger partial charge is 0.119 e. The minimum absolute atomic E-state index is 0.538. The van der Waals surface area contributed by atoms with Crippen molar-refractivity contribution >= 4 is 17.0 Å². The molecule has 1 aromatic heterocycles. The van der Waals surface area contributed by atoms with E-state index in [1.807, 2.05) is 30.3 Å². The number of ether oxygens (including phenoxy) is 1. The number of fused-ring (bicyclic) bond motifs is 3. The Bertz CT molecular complexity index is 1090. The fraction of sp³-hybridized carbons (Fsp3) is 0.393. The lowest BCUT2D eigenvalue weighted by molar-refractivity contribution is 0.0529. The molecular weight excluding hydrogens is 410 g/mol. The van der Waals surface area contributed by atoms with Crippen LogP contribution >= 0.6 is 0 Å². The van der Waals surface area contributed by atoms with Gasteiger partial charge in [0.2, 0.25) is 0 Å². The van der Waals surface area contributed by atoms with Crippen molar-refractivity contribution in [3.05, 3.63) is 78.0 Å². The van der Waals surface area contributed by atoms with E-state index in [9.17, 15) is 5.11 Å². The molecular formula is C28H33N3O2. The van der Waals surface area contributed by atoms with Crippen molar-refractivity contribution in [3.8, 4) is 5.75 Å². The van der Waals surface area contributed by atoms with Gasteiger partial charge in [0.1, 0.15) is 5.75 Å². The molecule has 2 saturated heterocycles. The number of hydrogen-bond donors (Lipinski definition) is 2. The van der Waals surface area contributed by atoms with Gasteiger partial charge in [0.15, 0.2) is 0 Å². The zero-order chi connectivity index (χ0) is 22.6. The largest absolute Gasteiger partial charge is 0.497 e. The van der Waals surface area contributed by atoms with Crippen molar-refractivity contribution in [1.82, 2.24) is 15.2 Å². The summed E-state index contributed by atoms with van der Waals surface area (Å²) in [5.74, 6) is 0.789. The summed E-state index contributed by atoms with van der Waals surface area (Å²) in [4.78, 5) is 7.01. The highest BCUT2D eigenvalue weighted by Gasteiger charge is 2.41. The standard InChI is InChI=1S/C28H33N3O2/c1-33-24-11-12-27-26(18-24)25(13-15-30-27)28(32)19-31-22-9-10-23(31)17-21(16-22)29-14-5-8-20-6-3-2-4-7-20/h2-8,11-13,15,18,21-23,28-29,32H,9-10,14,16-17,19H2,1H3. The molecule has 3 unspecified atom stereocenters. The lowest BCUT2D eigenvalue weighted by atomic mass is 9.95. The lowest BCUT2D eigenvalue weighted by Gasteiger charge is -2.40. The molecule has 33 heavy (non-hydrogen) atoms. The third-order valence-electron chi connectivity index (χ3n) is 7.24. The van der Waals surface area contributed by atoms with E-state index in [4.69, 9.17) is 4.74 Å². The minimum Gasteiger partial charge on any atom is -0.497 e. The average molecular weight is 444 g/mol. The number of piperidine rings is 1. The van der Waals surface area contributed by atoms with Crippen molar-refractivity contribution in [2.24, 2.45) is 0 Å². The van der Waals surface area contributed by atoms with E-state index in [1.54, 1.807) is 13.3 Å². The first-order chi connectivity index (χ1) is 16.2. The van der Waals surface area contributed by atoms with Gasteiger partial charge in [-0.3, -0.25) is 9.88 Å². The van der Waals surface area contributed by atoms with Gasteiger partial charge in [-0.1, -0.05) is 42.5 Å². The number of pyridine rings is 1. The van der Waals surface area contributed by atoms with Gasteiger partial charge in [-0.25, -0.2) is 0 Å². The number of hydrogen-bond acceptors (Lipinski definition) is 5. The molecule has 3 aromatic rings. The van der Waals surface area contributed by atoms with Crippen LogP contribution in [0, 0.1) is 0 Å². The monoisotopic (exact) mass is 443 g/mol. The second-order valence-corrected chi connectivity index (χ2v) is 9.27. The minimum atomic E-state index is -0.538. The van der Waals surface area contributed by atoms with Gasteiger partial charge in [-0.15, -0.1) is 0 Å². The summed E-state index contributed by atoms with van der Waals surface area (Å²) >= 11 is 0. The first kappa shape index (κ1) is 22.1. The third-order valence-corrected chi connectivity index (χ3v) is 7.24. The van der Waals surface area contributed by atoms with Crippen LogP contribution in [-0.2, 0) is 0 Å². The van der Waals surface area contributed by atoms with Crippen molar-refractivity contribution in [1.29, 1.82) is 0 Å². The molecule has 0 amide bonds. The Labute approximate surface area is 196 Å². The predicted molar refractivity (Wildman–Crippen MR) is 133 cm³/mol.